The number of methoxy groups -OCH3 is 1. The average Bonchev–Trinajstić information content (AvgIpc) is 2.51. The molecule has 0 heterocycles. The molecule has 4 nitrogen and oxygen atoms in total. The maximum atomic E-state index is 12.2. The lowest BCUT2D eigenvalue weighted by Crippen LogP contribution is -2.43. The van der Waals surface area contributed by atoms with Crippen molar-refractivity contribution in [3.05, 3.63) is 58.1 Å². The number of halogens is 2. The SMILES string of the molecule is COc1ccc(C(C)(C)NC(=O)Nc2cccc(Cl)c2Cl)cc1. The fourth-order valence-electron chi connectivity index (χ4n) is 2.12. The molecule has 0 spiro atoms. The number of anilines is 1. The minimum absolute atomic E-state index is 0.312. The van der Waals surface area contributed by atoms with Gasteiger partial charge in [0, 0.05) is 0 Å². The largest absolute Gasteiger partial charge is 0.497 e. The molecule has 23 heavy (non-hydrogen) atoms. The van der Waals surface area contributed by atoms with Gasteiger partial charge in [-0.15, -0.1) is 0 Å². The van der Waals surface area contributed by atoms with E-state index in [1.54, 1.807) is 25.3 Å². The Morgan fingerprint density at radius 3 is 2.35 bits per heavy atom. The number of nitrogens with one attached hydrogen (secondary N) is 2. The van der Waals surface area contributed by atoms with Crippen LogP contribution < -0.4 is 15.4 Å². The first-order chi connectivity index (χ1) is 10.8. The molecule has 0 aliphatic carbocycles. The van der Waals surface area contributed by atoms with Gasteiger partial charge < -0.3 is 15.4 Å². The van der Waals surface area contributed by atoms with Crippen molar-refractivity contribution in [3.8, 4) is 5.75 Å². The van der Waals surface area contributed by atoms with E-state index in [0.717, 1.165) is 11.3 Å². The average molecular weight is 353 g/mol. The zero-order valence-corrected chi connectivity index (χ0v) is 14.6. The predicted octanol–water partition coefficient (Wildman–Crippen LogP) is 5.06. The number of carbonyl (C=O) groups excluding carboxylic acids is 1. The van der Waals surface area contributed by atoms with Crippen LogP contribution in [0.2, 0.25) is 10.0 Å². The van der Waals surface area contributed by atoms with Crippen LogP contribution in [-0.2, 0) is 5.54 Å². The van der Waals surface area contributed by atoms with E-state index < -0.39 is 5.54 Å². The number of ether oxygens (including phenoxy) is 1. The molecule has 2 N–H and O–H groups in total. The fourth-order valence-corrected chi connectivity index (χ4v) is 2.47. The molecule has 0 aliphatic rings. The predicted molar refractivity (Wildman–Crippen MR) is 94.6 cm³/mol. The number of hydrogen-bond donors (Lipinski definition) is 2. The molecule has 0 aliphatic heterocycles. The highest BCUT2D eigenvalue weighted by molar-refractivity contribution is 6.43. The summed E-state index contributed by atoms with van der Waals surface area (Å²) in [5.74, 6) is 0.764. The van der Waals surface area contributed by atoms with Crippen LogP contribution in [0.15, 0.2) is 42.5 Å². The fraction of sp³-hybridized carbons (Fsp3) is 0.235. The Morgan fingerprint density at radius 2 is 1.74 bits per heavy atom. The molecule has 2 aromatic carbocycles. The van der Waals surface area contributed by atoms with Crippen molar-refractivity contribution < 1.29 is 9.53 Å². The Labute approximate surface area is 145 Å². The quantitative estimate of drug-likeness (QED) is 0.807. The van der Waals surface area contributed by atoms with Gasteiger partial charge in [-0.25, -0.2) is 4.79 Å². The molecule has 6 heteroatoms. The van der Waals surface area contributed by atoms with Gasteiger partial charge in [0.15, 0.2) is 0 Å². The zero-order valence-electron chi connectivity index (χ0n) is 13.1. The number of urea groups is 1. The van der Waals surface area contributed by atoms with Crippen molar-refractivity contribution in [2.75, 3.05) is 12.4 Å². The van der Waals surface area contributed by atoms with E-state index >= 15 is 0 Å². The van der Waals surface area contributed by atoms with E-state index in [4.69, 9.17) is 27.9 Å². The van der Waals surface area contributed by atoms with E-state index in [1.165, 1.54) is 0 Å². The van der Waals surface area contributed by atoms with Crippen molar-refractivity contribution >= 4 is 34.9 Å². The maximum absolute atomic E-state index is 12.2. The molecule has 0 unspecified atom stereocenters. The normalized spacial score (nSPS) is 11.0. The van der Waals surface area contributed by atoms with Gasteiger partial charge in [0.05, 0.1) is 28.4 Å². The van der Waals surface area contributed by atoms with Gasteiger partial charge in [0.25, 0.3) is 0 Å². The Morgan fingerprint density at radius 1 is 1.09 bits per heavy atom. The Balaban J connectivity index is 2.09. The maximum Gasteiger partial charge on any atom is 0.319 e. The van der Waals surface area contributed by atoms with E-state index in [-0.39, 0.29) is 6.03 Å². The standard InChI is InChI=1S/C17H18Cl2N2O2/c1-17(2,11-7-9-12(23-3)10-8-11)21-16(22)20-14-6-4-5-13(18)15(14)19/h4-10H,1-3H3,(H2,20,21,22). The first-order valence-corrected chi connectivity index (χ1v) is 7.77. The summed E-state index contributed by atoms with van der Waals surface area (Å²) in [6.45, 7) is 3.82. The second kappa shape index (κ2) is 7.11. The first kappa shape index (κ1) is 17.4. The molecule has 2 rings (SSSR count). The van der Waals surface area contributed by atoms with Crippen molar-refractivity contribution in [1.29, 1.82) is 0 Å². The summed E-state index contributed by atoms with van der Waals surface area (Å²) in [4.78, 5) is 12.2. The lowest BCUT2D eigenvalue weighted by Gasteiger charge is -2.27. The Bertz CT molecular complexity index is 700. The minimum Gasteiger partial charge on any atom is -0.497 e. The second-order valence-corrected chi connectivity index (χ2v) is 6.32. The number of carbonyl (C=O) groups is 1. The summed E-state index contributed by atoms with van der Waals surface area (Å²) in [5.41, 5.74) is 0.842. The molecule has 0 aromatic heterocycles. The van der Waals surface area contributed by atoms with E-state index in [0.29, 0.717) is 15.7 Å². The van der Waals surface area contributed by atoms with Crippen LogP contribution in [0.25, 0.3) is 0 Å². The molecule has 0 radical (unpaired) electrons. The van der Waals surface area contributed by atoms with Crippen LogP contribution >= 0.6 is 23.2 Å². The summed E-state index contributed by atoms with van der Waals surface area (Å²) in [6, 6.07) is 12.2. The highest BCUT2D eigenvalue weighted by atomic mass is 35.5. The third-order valence-corrected chi connectivity index (χ3v) is 4.26. The van der Waals surface area contributed by atoms with Gasteiger partial charge in [0.1, 0.15) is 5.75 Å². The lowest BCUT2D eigenvalue weighted by atomic mass is 9.94. The van der Waals surface area contributed by atoms with E-state index in [9.17, 15) is 4.79 Å². The molecule has 0 fully saturated rings. The molecule has 2 aromatic rings. The summed E-state index contributed by atoms with van der Waals surface area (Å²) < 4.78 is 5.14. The number of benzene rings is 2. The monoisotopic (exact) mass is 352 g/mol. The topological polar surface area (TPSA) is 50.4 Å². The van der Waals surface area contributed by atoms with Crippen LogP contribution in [0.3, 0.4) is 0 Å². The van der Waals surface area contributed by atoms with Crippen molar-refractivity contribution in [1.82, 2.24) is 5.32 Å². The van der Waals surface area contributed by atoms with Crippen LogP contribution in [0.1, 0.15) is 19.4 Å². The summed E-state index contributed by atoms with van der Waals surface area (Å²) in [6.07, 6.45) is 0. The third-order valence-electron chi connectivity index (χ3n) is 3.44. The molecule has 2 amide bonds. The first-order valence-electron chi connectivity index (χ1n) is 7.01. The molecule has 0 bridgehead atoms. The Kier molecular flexibility index (Phi) is 5.39. The zero-order chi connectivity index (χ0) is 17.0. The van der Waals surface area contributed by atoms with E-state index in [1.807, 2.05) is 38.1 Å². The summed E-state index contributed by atoms with van der Waals surface area (Å²) in [5, 5.41) is 6.32. The minimum atomic E-state index is -0.568. The second-order valence-electron chi connectivity index (χ2n) is 5.53. The van der Waals surface area contributed by atoms with Crippen molar-refractivity contribution in [2.45, 2.75) is 19.4 Å². The highest BCUT2D eigenvalue weighted by Gasteiger charge is 2.23. The van der Waals surface area contributed by atoms with Gasteiger partial charge in [0.2, 0.25) is 0 Å². The molecular weight excluding hydrogens is 335 g/mol. The molecule has 0 saturated carbocycles. The van der Waals surface area contributed by atoms with Crippen molar-refractivity contribution in [3.63, 3.8) is 0 Å². The van der Waals surface area contributed by atoms with Gasteiger partial charge >= 0.3 is 6.03 Å². The number of rotatable bonds is 4. The molecule has 122 valence electrons. The van der Waals surface area contributed by atoms with Crippen LogP contribution in [-0.4, -0.2) is 13.1 Å². The lowest BCUT2D eigenvalue weighted by molar-refractivity contribution is 0.242. The molecule has 0 atom stereocenters. The van der Waals surface area contributed by atoms with Crippen LogP contribution in [0.4, 0.5) is 10.5 Å². The van der Waals surface area contributed by atoms with Gasteiger partial charge in [-0.2, -0.15) is 0 Å². The van der Waals surface area contributed by atoms with E-state index in [2.05, 4.69) is 10.6 Å². The van der Waals surface area contributed by atoms with Crippen LogP contribution in [0, 0.1) is 0 Å². The third kappa shape index (κ3) is 4.30. The van der Waals surface area contributed by atoms with Gasteiger partial charge in [-0.05, 0) is 43.7 Å². The summed E-state index contributed by atoms with van der Waals surface area (Å²) >= 11 is 12.0. The van der Waals surface area contributed by atoms with Gasteiger partial charge in [-0.1, -0.05) is 41.4 Å². The van der Waals surface area contributed by atoms with Crippen LogP contribution in [0.5, 0.6) is 5.75 Å². The van der Waals surface area contributed by atoms with Gasteiger partial charge in [-0.3, -0.25) is 0 Å². The summed E-state index contributed by atoms with van der Waals surface area (Å²) in [7, 11) is 1.61. The number of amides is 2. The number of hydrogen-bond acceptors (Lipinski definition) is 2. The molecule has 0 saturated heterocycles. The smallest absolute Gasteiger partial charge is 0.319 e. The van der Waals surface area contributed by atoms with Crippen molar-refractivity contribution in [2.24, 2.45) is 0 Å². The highest BCUT2D eigenvalue weighted by Crippen LogP contribution is 2.30. The molecular formula is C17H18Cl2N2O2. The Hall–Kier alpha value is -1.91.